The molecule has 1 saturated carbocycles. The Morgan fingerprint density at radius 1 is 1.37 bits per heavy atom. The summed E-state index contributed by atoms with van der Waals surface area (Å²) in [4.78, 5) is 13.8. The van der Waals surface area contributed by atoms with E-state index in [-0.39, 0.29) is 11.3 Å². The van der Waals surface area contributed by atoms with Crippen LogP contribution in [0.5, 0.6) is 0 Å². The minimum Gasteiger partial charge on any atom is -0.345 e. The van der Waals surface area contributed by atoms with Gasteiger partial charge in [-0.2, -0.15) is 0 Å². The zero-order valence-corrected chi connectivity index (χ0v) is 12.9. The average Bonchev–Trinajstić information content (AvgIpc) is 3.17. The highest BCUT2D eigenvalue weighted by molar-refractivity contribution is 9.10. The van der Waals surface area contributed by atoms with Crippen molar-refractivity contribution in [3.8, 4) is 0 Å². The largest absolute Gasteiger partial charge is 0.345 e. The molecule has 0 bridgehead atoms. The number of hydrogen-bond acceptors (Lipinski definition) is 2. The van der Waals surface area contributed by atoms with Gasteiger partial charge in [-0.25, -0.2) is 0 Å². The summed E-state index contributed by atoms with van der Waals surface area (Å²) in [6, 6.07) is 8.47. The predicted octanol–water partition coefficient (Wildman–Crippen LogP) is 2.68. The molecule has 1 aliphatic rings. The SMILES string of the molecule is CN(CC1(c2ccc(Br)cc2)CC1)C(=O)CCCN. The molecule has 2 N–H and O–H groups in total. The number of carbonyl (C=O) groups is 1. The van der Waals surface area contributed by atoms with Crippen LogP contribution >= 0.6 is 15.9 Å². The molecule has 0 saturated heterocycles. The molecule has 4 heteroatoms. The second-order valence-electron chi connectivity index (χ2n) is 5.43. The second kappa shape index (κ2) is 6.06. The fourth-order valence-electron chi connectivity index (χ4n) is 2.48. The number of benzene rings is 1. The topological polar surface area (TPSA) is 46.3 Å². The van der Waals surface area contributed by atoms with Gasteiger partial charge < -0.3 is 10.6 Å². The van der Waals surface area contributed by atoms with Crippen molar-refractivity contribution in [2.75, 3.05) is 20.1 Å². The fourth-order valence-corrected chi connectivity index (χ4v) is 2.74. The number of amides is 1. The van der Waals surface area contributed by atoms with Gasteiger partial charge in [-0.3, -0.25) is 4.79 Å². The minimum atomic E-state index is 0.188. The summed E-state index contributed by atoms with van der Waals surface area (Å²) >= 11 is 3.46. The summed E-state index contributed by atoms with van der Waals surface area (Å²) in [7, 11) is 1.90. The number of nitrogens with two attached hydrogens (primary N) is 1. The fraction of sp³-hybridized carbons (Fsp3) is 0.533. The highest BCUT2D eigenvalue weighted by Crippen LogP contribution is 2.48. The van der Waals surface area contributed by atoms with E-state index in [9.17, 15) is 4.79 Å². The number of likely N-dealkylation sites (N-methyl/N-ethyl adjacent to an activating group) is 1. The van der Waals surface area contributed by atoms with Crippen LogP contribution in [0, 0.1) is 0 Å². The first-order valence-electron chi connectivity index (χ1n) is 6.77. The molecule has 2 rings (SSSR count). The lowest BCUT2D eigenvalue weighted by Crippen LogP contribution is -2.34. The van der Waals surface area contributed by atoms with E-state index >= 15 is 0 Å². The number of hydrogen-bond donors (Lipinski definition) is 1. The standard InChI is InChI=1S/C15H21BrN2O/c1-18(14(19)3-2-10-17)11-15(8-9-15)12-4-6-13(16)7-5-12/h4-7H,2-3,8-11,17H2,1H3. The van der Waals surface area contributed by atoms with Crippen LogP contribution in [-0.2, 0) is 10.2 Å². The maximum absolute atomic E-state index is 12.0. The van der Waals surface area contributed by atoms with Crippen molar-refractivity contribution in [1.29, 1.82) is 0 Å². The van der Waals surface area contributed by atoms with Crippen LogP contribution in [0.2, 0.25) is 0 Å². The quantitative estimate of drug-likeness (QED) is 0.874. The van der Waals surface area contributed by atoms with Gasteiger partial charge in [-0.15, -0.1) is 0 Å². The minimum absolute atomic E-state index is 0.188. The van der Waals surface area contributed by atoms with Gasteiger partial charge in [-0.05, 0) is 43.5 Å². The summed E-state index contributed by atoms with van der Waals surface area (Å²) < 4.78 is 1.10. The van der Waals surface area contributed by atoms with Crippen molar-refractivity contribution in [1.82, 2.24) is 4.90 Å². The molecule has 104 valence electrons. The van der Waals surface area contributed by atoms with E-state index < -0.39 is 0 Å². The van der Waals surface area contributed by atoms with Gasteiger partial charge in [-0.1, -0.05) is 28.1 Å². The number of nitrogens with zero attached hydrogens (tertiary/aromatic N) is 1. The summed E-state index contributed by atoms with van der Waals surface area (Å²) in [5, 5.41) is 0. The Hall–Kier alpha value is -0.870. The molecule has 0 aliphatic heterocycles. The van der Waals surface area contributed by atoms with E-state index in [0.717, 1.165) is 17.4 Å². The molecule has 0 atom stereocenters. The van der Waals surface area contributed by atoms with Gasteiger partial charge >= 0.3 is 0 Å². The van der Waals surface area contributed by atoms with Crippen molar-refractivity contribution in [3.63, 3.8) is 0 Å². The first-order chi connectivity index (χ1) is 9.07. The molecule has 0 radical (unpaired) electrons. The van der Waals surface area contributed by atoms with Gasteiger partial charge in [0.25, 0.3) is 0 Å². The Kier molecular flexibility index (Phi) is 4.63. The van der Waals surface area contributed by atoms with E-state index in [1.807, 2.05) is 11.9 Å². The normalized spacial score (nSPS) is 16.2. The molecule has 0 aromatic heterocycles. The van der Waals surface area contributed by atoms with Crippen molar-refractivity contribution in [2.45, 2.75) is 31.1 Å². The van der Waals surface area contributed by atoms with E-state index in [2.05, 4.69) is 40.2 Å². The van der Waals surface area contributed by atoms with Crippen LogP contribution in [0.25, 0.3) is 0 Å². The van der Waals surface area contributed by atoms with E-state index in [1.165, 1.54) is 18.4 Å². The molecule has 1 amide bonds. The molecule has 1 fully saturated rings. The smallest absolute Gasteiger partial charge is 0.222 e. The highest BCUT2D eigenvalue weighted by atomic mass is 79.9. The molecule has 1 aromatic rings. The Labute approximate surface area is 123 Å². The first kappa shape index (κ1) is 14.5. The third kappa shape index (κ3) is 3.57. The zero-order chi connectivity index (χ0) is 13.9. The van der Waals surface area contributed by atoms with Crippen LogP contribution in [0.15, 0.2) is 28.7 Å². The zero-order valence-electron chi connectivity index (χ0n) is 11.4. The molecule has 3 nitrogen and oxygen atoms in total. The maximum Gasteiger partial charge on any atom is 0.222 e. The number of rotatable bonds is 6. The predicted molar refractivity (Wildman–Crippen MR) is 81.0 cm³/mol. The summed E-state index contributed by atoms with van der Waals surface area (Å²) in [6.45, 7) is 1.40. The molecule has 0 unspecified atom stereocenters. The van der Waals surface area contributed by atoms with Crippen molar-refractivity contribution in [3.05, 3.63) is 34.3 Å². The molecular formula is C15H21BrN2O. The van der Waals surface area contributed by atoms with Crippen molar-refractivity contribution < 1.29 is 4.79 Å². The number of halogens is 1. The van der Waals surface area contributed by atoms with Gasteiger partial charge in [0, 0.05) is 29.9 Å². The summed E-state index contributed by atoms with van der Waals surface area (Å²) in [6.07, 6.45) is 3.67. The van der Waals surface area contributed by atoms with E-state index in [4.69, 9.17) is 5.73 Å². The third-order valence-corrected chi connectivity index (χ3v) is 4.40. The maximum atomic E-state index is 12.0. The van der Waals surface area contributed by atoms with Crippen LogP contribution in [0.3, 0.4) is 0 Å². The highest BCUT2D eigenvalue weighted by Gasteiger charge is 2.45. The van der Waals surface area contributed by atoms with Crippen LogP contribution in [-0.4, -0.2) is 30.9 Å². The van der Waals surface area contributed by atoms with Crippen LogP contribution < -0.4 is 5.73 Å². The van der Waals surface area contributed by atoms with Gasteiger partial charge in [0.1, 0.15) is 0 Å². The molecule has 1 aliphatic carbocycles. The van der Waals surface area contributed by atoms with Crippen LogP contribution in [0.4, 0.5) is 0 Å². The third-order valence-electron chi connectivity index (χ3n) is 3.87. The van der Waals surface area contributed by atoms with Gasteiger partial charge in [0.05, 0.1) is 0 Å². The summed E-state index contributed by atoms with van der Waals surface area (Å²) in [5.74, 6) is 0.203. The molecule has 0 heterocycles. The molecule has 1 aromatic carbocycles. The Balaban J connectivity index is 1.98. The second-order valence-corrected chi connectivity index (χ2v) is 6.34. The van der Waals surface area contributed by atoms with E-state index in [0.29, 0.717) is 13.0 Å². The van der Waals surface area contributed by atoms with Gasteiger partial charge in [0.2, 0.25) is 5.91 Å². The molecular weight excluding hydrogens is 304 g/mol. The Morgan fingerprint density at radius 2 is 2.00 bits per heavy atom. The van der Waals surface area contributed by atoms with Crippen molar-refractivity contribution >= 4 is 21.8 Å². The summed E-state index contributed by atoms with van der Waals surface area (Å²) in [5.41, 5.74) is 6.98. The molecule has 0 spiro atoms. The molecule has 19 heavy (non-hydrogen) atoms. The monoisotopic (exact) mass is 324 g/mol. The lowest BCUT2D eigenvalue weighted by molar-refractivity contribution is -0.130. The van der Waals surface area contributed by atoms with Gasteiger partial charge in [0.15, 0.2) is 0 Å². The Morgan fingerprint density at radius 3 is 2.53 bits per heavy atom. The average molecular weight is 325 g/mol. The lowest BCUT2D eigenvalue weighted by Gasteiger charge is -2.24. The van der Waals surface area contributed by atoms with E-state index in [1.54, 1.807) is 0 Å². The van der Waals surface area contributed by atoms with Crippen molar-refractivity contribution in [2.24, 2.45) is 5.73 Å². The Bertz CT molecular complexity index is 440. The number of carbonyl (C=O) groups excluding carboxylic acids is 1. The van der Waals surface area contributed by atoms with Crippen LogP contribution in [0.1, 0.15) is 31.2 Å². The lowest BCUT2D eigenvalue weighted by atomic mass is 9.95. The first-order valence-corrected chi connectivity index (χ1v) is 7.57.